The Morgan fingerprint density at radius 1 is 1.18 bits per heavy atom. The first-order valence-corrected chi connectivity index (χ1v) is 10.0. The second-order valence-corrected chi connectivity index (χ2v) is 7.55. The van der Waals surface area contributed by atoms with E-state index < -0.39 is 17.0 Å². The third-order valence-electron chi connectivity index (χ3n) is 5.46. The van der Waals surface area contributed by atoms with E-state index in [1.54, 1.807) is 6.07 Å². The van der Waals surface area contributed by atoms with Gasteiger partial charge in [-0.2, -0.15) is 0 Å². The monoisotopic (exact) mass is 389 g/mol. The van der Waals surface area contributed by atoms with Crippen LogP contribution in [0.5, 0.6) is 0 Å². The summed E-state index contributed by atoms with van der Waals surface area (Å²) in [4.78, 5) is 37.7. The van der Waals surface area contributed by atoms with Crippen LogP contribution in [0.2, 0.25) is 0 Å². The number of nitrogens with zero attached hydrogens (tertiary/aromatic N) is 2. The maximum atomic E-state index is 12.4. The van der Waals surface area contributed by atoms with Gasteiger partial charge in [-0.3, -0.25) is 14.9 Å². The van der Waals surface area contributed by atoms with Crippen LogP contribution in [0.25, 0.3) is 0 Å². The molecule has 1 atom stereocenters. The number of nitro groups is 1. The summed E-state index contributed by atoms with van der Waals surface area (Å²) in [5, 5.41) is 14.4. The number of nitro benzene ring substituents is 1. The van der Waals surface area contributed by atoms with Crippen LogP contribution >= 0.6 is 0 Å². The van der Waals surface area contributed by atoms with Crippen LogP contribution in [-0.4, -0.2) is 42.0 Å². The van der Waals surface area contributed by atoms with E-state index in [1.807, 2.05) is 4.90 Å². The summed E-state index contributed by atoms with van der Waals surface area (Å²) in [7, 11) is 0. The maximum Gasteiger partial charge on any atom is 0.339 e. The number of nitrogens with one attached hydrogen (secondary N) is 1. The minimum Gasteiger partial charge on any atom is -0.449 e. The Morgan fingerprint density at radius 2 is 1.86 bits per heavy atom. The van der Waals surface area contributed by atoms with Crippen molar-refractivity contribution in [2.75, 3.05) is 18.0 Å². The molecule has 1 amide bonds. The molecule has 28 heavy (non-hydrogen) atoms. The van der Waals surface area contributed by atoms with Crippen molar-refractivity contribution >= 4 is 23.3 Å². The minimum atomic E-state index is -0.950. The lowest BCUT2D eigenvalue weighted by molar-refractivity contribution is -0.384. The number of amides is 1. The average Bonchev–Trinajstić information content (AvgIpc) is 3.21. The Balaban J connectivity index is 1.67. The van der Waals surface area contributed by atoms with Gasteiger partial charge in [-0.25, -0.2) is 4.79 Å². The van der Waals surface area contributed by atoms with Crippen LogP contribution in [0.1, 0.15) is 62.2 Å². The summed E-state index contributed by atoms with van der Waals surface area (Å²) in [6, 6.07) is 4.51. The molecule has 152 valence electrons. The molecule has 1 saturated heterocycles. The van der Waals surface area contributed by atoms with Gasteiger partial charge in [-0.1, -0.05) is 12.8 Å². The van der Waals surface area contributed by atoms with Crippen LogP contribution in [0.4, 0.5) is 11.4 Å². The number of benzene rings is 1. The molecule has 1 saturated carbocycles. The molecule has 2 aliphatic rings. The van der Waals surface area contributed by atoms with E-state index in [1.165, 1.54) is 19.1 Å². The van der Waals surface area contributed by atoms with Crippen LogP contribution in [0, 0.1) is 10.1 Å². The lowest BCUT2D eigenvalue weighted by Gasteiger charge is -2.28. The van der Waals surface area contributed by atoms with Crippen LogP contribution in [0.15, 0.2) is 18.2 Å². The van der Waals surface area contributed by atoms with Gasteiger partial charge in [0.15, 0.2) is 6.10 Å². The van der Waals surface area contributed by atoms with Gasteiger partial charge in [0, 0.05) is 25.2 Å². The fourth-order valence-electron chi connectivity index (χ4n) is 3.87. The molecule has 1 aromatic carbocycles. The molecule has 1 aromatic rings. The van der Waals surface area contributed by atoms with Gasteiger partial charge in [0.1, 0.15) is 5.69 Å². The summed E-state index contributed by atoms with van der Waals surface area (Å²) in [5.74, 6) is -1.07. The Labute approximate surface area is 164 Å². The molecule has 8 heteroatoms. The molecule has 2 fully saturated rings. The fourth-order valence-corrected chi connectivity index (χ4v) is 3.87. The topological polar surface area (TPSA) is 102 Å². The van der Waals surface area contributed by atoms with Crippen molar-refractivity contribution < 1.29 is 19.2 Å². The van der Waals surface area contributed by atoms with Crippen molar-refractivity contribution in [1.29, 1.82) is 0 Å². The number of piperidine rings is 1. The summed E-state index contributed by atoms with van der Waals surface area (Å²) in [5.41, 5.74) is 0.487. The first-order valence-electron chi connectivity index (χ1n) is 10.0. The third kappa shape index (κ3) is 4.79. The van der Waals surface area contributed by atoms with E-state index in [0.29, 0.717) is 5.69 Å². The van der Waals surface area contributed by atoms with Gasteiger partial charge in [-0.05, 0) is 51.2 Å². The summed E-state index contributed by atoms with van der Waals surface area (Å²) < 4.78 is 5.24. The third-order valence-corrected chi connectivity index (χ3v) is 5.46. The normalized spacial score (nSPS) is 18.5. The van der Waals surface area contributed by atoms with Crippen LogP contribution in [0.3, 0.4) is 0 Å². The highest BCUT2D eigenvalue weighted by Crippen LogP contribution is 2.31. The van der Waals surface area contributed by atoms with E-state index in [-0.39, 0.29) is 23.2 Å². The Hall–Kier alpha value is -2.64. The standard InChI is InChI=1S/C20H27N3O5/c1-14(19(24)21-16-7-3-4-8-16)28-20(25)15-9-10-17(18(13-15)23(26)27)22-11-5-2-6-12-22/h9-10,13-14,16H,2-8,11-12H2,1H3,(H,21,24)/t14-/m0/s1. The zero-order chi connectivity index (χ0) is 20.1. The quantitative estimate of drug-likeness (QED) is 0.455. The number of ether oxygens (including phenoxy) is 1. The molecule has 3 rings (SSSR count). The molecule has 0 spiro atoms. The largest absolute Gasteiger partial charge is 0.449 e. The zero-order valence-electron chi connectivity index (χ0n) is 16.2. The average molecular weight is 389 g/mol. The summed E-state index contributed by atoms with van der Waals surface area (Å²) in [6.45, 7) is 3.05. The smallest absolute Gasteiger partial charge is 0.339 e. The summed E-state index contributed by atoms with van der Waals surface area (Å²) >= 11 is 0. The van der Waals surface area contributed by atoms with E-state index in [2.05, 4.69) is 5.32 Å². The Bertz CT molecular complexity index is 739. The van der Waals surface area contributed by atoms with Gasteiger partial charge in [0.05, 0.1) is 10.5 Å². The van der Waals surface area contributed by atoms with Gasteiger partial charge in [0.25, 0.3) is 11.6 Å². The number of anilines is 1. The highest BCUT2D eigenvalue weighted by Gasteiger charge is 2.26. The summed E-state index contributed by atoms with van der Waals surface area (Å²) in [6.07, 6.45) is 6.22. The molecule has 1 heterocycles. The number of hydrogen-bond donors (Lipinski definition) is 1. The van der Waals surface area contributed by atoms with E-state index in [9.17, 15) is 19.7 Å². The fraction of sp³-hybridized carbons (Fsp3) is 0.600. The van der Waals surface area contributed by atoms with Crippen molar-refractivity contribution in [3.05, 3.63) is 33.9 Å². The van der Waals surface area contributed by atoms with E-state index in [4.69, 9.17) is 4.74 Å². The molecule has 0 unspecified atom stereocenters. The number of esters is 1. The lowest BCUT2D eigenvalue weighted by atomic mass is 10.1. The van der Waals surface area contributed by atoms with Gasteiger partial charge in [-0.15, -0.1) is 0 Å². The second kappa shape index (κ2) is 9.03. The van der Waals surface area contributed by atoms with Crippen molar-refractivity contribution in [3.63, 3.8) is 0 Å². The van der Waals surface area contributed by atoms with Crippen molar-refractivity contribution in [3.8, 4) is 0 Å². The molecule has 1 N–H and O–H groups in total. The lowest BCUT2D eigenvalue weighted by Crippen LogP contribution is -2.40. The highest BCUT2D eigenvalue weighted by molar-refractivity contribution is 5.93. The van der Waals surface area contributed by atoms with Gasteiger partial charge in [0.2, 0.25) is 0 Å². The van der Waals surface area contributed by atoms with Crippen molar-refractivity contribution in [1.82, 2.24) is 5.32 Å². The Morgan fingerprint density at radius 3 is 2.50 bits per heavy atom. The predicted octanol–water partition coefficient (Wildman–Crippen LogP) is 3.19. The number of carbonyl (C=O) groups is 2. The Kier molecular flexibility index (Phi) is 6.49. The first-order chi connectivity index (χ1) is 13.5. The number of rotatable bonds is 6. The molecule has 0 radical (unpaired) electrons. The molecule has 8 nitrogen and oxygen atoms in total. The molecule has 1 aliphatic heterocycles. The van der Waals surface area contributed by atoms with Crippen LogP contribution < -0.4 is 10.2 Å². The molecule has 0 aromatic heterocycles. The zero-order valence-corrected chi connectivity index (χ0v) is 16.2. The predicted molar refractivity (Wildman–Crippen MR) is 104 cm³/mol. The van der Waals surface area contributed by atoms with Crippen molar-refractivity contribution in [2.45, 2.75) is 64.0 Å². The SMILES string of the molecule is C[C@H](OC(=O)c1ccc(N2CCCCC2)c([N+](=O)[O-])c1)C(=O)NC1CCCC1. The van der Waals surface area contributed by atoms with E-state index in [0.717, 1.165) is 58.0 Å². The second-order valence-electron chi connectivity index (χ2n) is 7.55. The molecular formula is C20H27N3O5. The number of hydrogen-bond acceptors (Lipinski definition) is 6. The van der Waals surface area contributed by atoms with Gasteiger partial charge >= 0.3 is 5.97 Å². The van der Waals surface area contributed by atoms with Crippen LogP contribution in [-0.2, 0) is 9.53 Å². The minimum absolute atomic E-state index is 0.0768. The molecule has 0 bridgehead atoms. The number of carbonyl (C=O) groups excluding carboxylic acids is 2. The van der Waals surface area contributed by atoms with Gasteiger partial charge < -0.3 is 15.0 Å². The maximum absolute atomic E-state index is 12.4. The highest BCUT2D eigenvalue weighted by atomic mass is 16.6. The molecule has 1 aliphatic carbocycles. The van der Waals surface area contributed by atoms with Crippen molar-refractivity contribution in [2.24, 2.45) is 0 Å². The molecular weight excluding hydrogens is 362 g/mol. The van der Waals surface area contributed by atoms with E-state index >= 15 is 0 Å². The first kappa shape index (κ1) is 20.1.